The average molecular weight is 183 g/mol. The maximum Gasteiger partial charge on any atom is 0.170 e. The second kappa shape index (κ2) is 3.12. The molecule has 0 spiro atoms. The van der Waals surface area contributed by atoms with Crippen molar-refractivity contribution in [3.05, 3.63) is 35.4 Å². The molecule has 68 valence electrons. The van der Waals surface area contributed by atoms with Crippen LogP contribution < -0.4 is 0 Å². The van der Waals surface area contributed by atoms with E-state index in [2.05, 4.69) is 4.99 Å². The predicted molar refractivity (Wildman–Crippen MR) is 43.5 cm³/mol. The van der Waals surface area contributed by atoms with Crippen LogP contribution >= 0.6 is 0 Å². The van der Waals surface area contributed by atoms with E-state index >= 15 is 0 Å². The minimum atomic E-state index is -0.586. The molecule has 0 radical (unpaired) electrons. The highest BCUT2D eigenvalue weighted by Gasteiger charge is 2.15. The van der Waals surface area contributed by atoms with Crippen LogP contribution in [0, 0.1) is 11.6 Å². The van der Waals surface area contributed by atoms with E-state index in [9.17, 15) is 8.78 Å². The molecule has 1 aromatic rings. The summed E-state index contributed by atoms with van der Waals surface area (Å²) < 4.78 is 30.4. The Hall–Kier alpha value is -1.45. The van der Waals surface area contributed by atoms with E-state index in [-0.39, 0.29) is 6.04 Å². The van der Waals surface area contributed by atoms with Crippen LogP contribution in [0.3, 0.4) is 0 Å². The fraction of sp³-hybridized carbons (Fsp3) is 0.222. The van der Waals surface area contributed by atoms with E-state index in [1.165, 1.54) is 18.5 Å². The second-order valence-electron chi connectivity index (χ2n) is 2.81. The lowest BCUT2D eigenvalue weighted by atomic mass is 10.1. The molecular weight excluding hydrogens is 176 g/mol. The summed E-state index contributed by atoms with van der Waals surface area (Å²) in [4.78, 5) is 3.91. The van der Waals surface area contributed by atoms with Gasteiger partial charge in [-0.05, 0) is 17.7 Å². The molecule has 1 aliphatic rings. The minimum absolute atomic E-state index is 0.273. The number of ether oxygens (including phenoxy) is 1. The molecular formula is C9H7F2NO. The third-order valence-corrected chi connectivity index (χ3v) is 1.84. The summed E-state index contributed by atoms with van der Waals surface area (Å²) >= 11 is 0. The van der Waals surface area contributed by atoms with Crippen LogP contribution in [-0.2, 0) is 4.74 Å². The van der Waals surface area contributed by atoms with Crippen molar-refractivity contribution in [2.24, 2.45) is 4.99 Å². The summed E-state index contributed by atoms with van der Waals surface area (Å²) in [6.07, 6.45) is 1.30. The van der Waals surface area contributed by atoms with Gasteiger partial charge in [-0.15, -0.1) is 0 Å². The summed E-state index contributed by atoms with van der Waals surface area (Å²) in [6.45, 7) is 0.350. The molecule has 0 N–H and O–H groups in total. The average Bonchev–Trinajstić information content (AvgIpc) is 2.53. The standard InChI is InChI=1S/C9H7F2NO/c10-7-1-6(2-8(11)3-7)9-4-13-5-12-9/h1-3,5,9H,4H2. The molecule has 0 bridgehead atoms. The Morgan fingerprint density at radius 3 is 2.46 bits per heavy atom. The molecule has 1 atom stereocenters. The first kappa shape index (κ1) is 8.16. The number of rotatable bonds is 1. The predicted octanol–water partition coefficient (Wildman–Crippen LogP) is 2.06. The van der Waals surface area contributed by atoms with Crippen molar-refractivity contribution in [1.29, 1.82) is 0 Å². The van der Waals surface area contributed by atoms with Gasteiger partial charge in [0, 0.05) is 6.07 Å². The topological polar surface area (TPSA) is 21.6 Å². The molecule has 2 nitrogen and oxygen atoms in total. The molecule has 0 saturated carbocycles. The molecule has 1 aromatic carbocycles. The highest BCUT2D eigenvalue weighted by molar-refractivity contribution is 5.50. The zero-order valence-corrected chi connectivity index (χ0v) is 6.71. The molecule has 0 aliphatic carbocycles. The molecule has 0 saturated heterocycles. The third kappa shape index (κ3) is 1.66. The SMILES string of the molecule is Fc1cc(F)cc(C2COC=N2)c1. The van der Waals surface area contributed by atoms with Gasteiger partial charge in [0.05, 0.1) is 0 Å². The summed E-state index contributed by atoms with van der Waals surface area (Å²) in [5.74, 6) is -1.17. The van der Waals surface area contributed by atoms with E-state index in [0.29, 0.717) is 12.2 Å². The van der Waals surface area contributed by atoms with Crippen LogP contribution in [0.25, 0.3) is 0 Å². The largest absolute Gasteiger partial charge is 0.481 e. The van der Waals surface area contributed by atoms with Crippen molar-refractivity contribution < 1.29 is 13.5 Å². The first-order valence-electron chi connectivity index (χ1n) is 3.85. The molecule has 0 fully saturated rings. The van der Waals surface area contributed by atoms with Crippen molar-refractivity contribution in [3.8, 4) is 0 Å². The van der Waals surface area contributed by atoms with Crippen LogP contribution in [0.1, 0.15) is 11.6 Å². The Morgan fingerprint density at radius 2 is 1.92 bits per heavy atom. The summed E-state index contributed by atoms with van der Waals surface area (Å²) in [6, 6.07) is 3.09. The third-order valence-electron chi connectivity index (χ3n) is 1.84. The maximum absolute atomic E-state index is 12.7. The zero-order chi connectivity index (χ0) is 9.26. The molecule has 4 heteroatoms. The van der Waals surface area contributed by atoms with Gasteiger partial charge >= 0.3 is 0 Å². The Balaban J connectivity index is 2.34. The zero-order valence-electron chi connectivity index (χ0n) is 6.71. The normalized spacial score (nSPS) is 20.3. The Kier molecular flexibility index (Phi) is 1.96. The molecule has 13 heavy (non-hydrogen) atoms. The molecule has 1 aliphatic heterocycles. The van der Waals surface area contributed by atoms with Crippen molar-refractivity contribution in [1.82, 2.24) is 0 Å². The van der Waals surface area contributed by atoms with E-state index < -0.39 is 11.6 Å². The number of hydrogen-bond acceptors (Lipinski definition) is 2. The van der Waals surface area contributed by atoms with Gasteiger partial charge in [0.1, 0.15) is 24.3 Å². The Bertz CT molecular complexity index is 331. The lowest BCUT2D eigenvalue weighted by Crippen LogP contribution is -1.98. The quantitative estimate of drug-likeness (QED) is 0.653. The van der Waals surface area contributed by atoms with E-state index in [1.54, 1.807) is 0 Å². The van der Waals surface area contributed by atoms with Gasteiger partial charge in [0.25, 0.3) is 0 Å². The van der Waals surface area contributed by atoms with Crippen LogP contribution in [0.2, 0.25) is 0 Å². The number of hydrogen-bond donors (Lipinski definition) is 0. The van der Waals surface area contributed by atoms with Gasteiger partial charge < -0.3 is 4.74 Å². The summed E-state index contributed by atoms with van der Waals surface area (Å²) in [5, 5.41) is 0. The highest BCUT2D eigenvalue weighted by Crippen LogP contribution is 2.22. The van der Waals surface area contributed by atoms with Crippen LogP contribution in [0.4, 0.5) is 8.78 Å². The van der Waals surface area contributed by atoms with Gasteiger partial charge in [-0.1, -0.05) is 0 Å². The molecule has 0 amide bonds. The minimum Gasteiger partial charge on any atom is -0.481 e. The Labute approximate surface area is 73.9 Å². The monoisotopic (exact) mass is 183 g/mol. The number of nitrogens with zero attached hydrogens (tertiary/aromatic N) is 1. The molecule has 2 rings (SSSR count). The van der Waals surface area contributed by atoms with Crippen LogP contribution in [0.5, 0.6) is 0 Å². The first-order valence-corrected chi connectivity index (χ1v) is 3.85. The smallest absolute Gasteiger partial charge is 0.170 e. The summed E-state index contributed by atoms with van der Waals surface area (Å²) in [5.41, 5.74) is 0.506. The molecule has 1 unspecified atom stereocenters. The lowest BCUT2D eigenvalue weighted by Gasteiger charge is -2.05. The highest BCUT2D eigenvalue weighted by atomic mass is 19.1. The van der Waals surface area contributed by atoms with Gasteiger partial charge in [-0.3, -0.25) is 0 Å². The van der Waals surface area contributed by atoms with Crippen molar-refractivity contribution in [3.63, 3.8) is 0 Å². The van der Waals surface area contributed by atoms with Crippen molar-refractivity contribution in [2.75, 3.05) is 6.61 Å². The van der Waals surface area contributed by atoms with Crippen LogP contribution in [0.15, 0.2) is 23.2 Å². The number of aliphatic imine (C=N–C) groups is 1. The van der Waals surface area contributed by atoms with Gasteiger partial charge in [0.15, 0.2) is 6.40 Å². The second-order valence-corrected chi connectivity index (χ2v) is 2.81. The first-order chi connectivity index (χ1) is 6.25. The van der Waals surface area contributed by atoms with Crippen LogP contribution in [-0.4, -0.2) is 13.0 Å². The van der Waals surface area contributed by atoms with Crippen molar-refractivity contribution >= 4 is 6.40 Å². The van der Waals surface area contributed by atoms with Crippen molar-refractivity contribution in [2.45, 2.75) is 6.04 Å². The van der Waals surface area contributed by atoms with E-state index in [4.69, 9.17) is 4.74 Å². The molecule has 1 heterocycles. The Morgan fingerprint density at radius 1 is 1.23 bits per heavy atom. The van der Waals surface area contributed by atoms with E-state index in [1.807, 2.05) is 0 Å². The van der Waals surface area contributed by atoms with Gasteiger partial charge in [-0.2, -0.15) is 0 Å². The summed E-state index contributed by atoms with van der Waals surface area (Å²) in [7, 11) is 0. The van der Waals surface area contributed by atoms with Gasteiger partial charge in [-0.25, -0.2) is 13.8 Å². The van der Waals surface area contributed by atoms with E-state index in [0.717, 1.165) is 6.07 Å². The maximum atomic E-state index is 12.7. The fourth-order valence-electron chi connectivity index (χ4n) is 1.24. The number of benzene rings is 1. The fourth-order valence-corrected chi connectivity index (χ4v) is 1.24. The molecule has 0 aromatic heterocycles. The number of halogens is 2. The van der Waals surface area contributed by atoms with Gasteiger partial charge in [0.2, 0.25) is 0 Å². The lowest BCUT2D eigenvalue weighted by molar-refractivity contribution is 0.330.